The largest absolute Gasteiger partial charge is 0.396 e. The first kappa shape index (κ1) is 12.9. The van der Waals surface area contributed by atoms with Gasteiger partial charge in [0.25, 0.3) is 5.91 Å². The van der Waals surface area contributed by atoms with Crippen molar-refractivity contribution in [3.63, 3.8) is 0 Å². The fourth-order valence-electron chi connectivity index (χ4n) is 2.30. The summed E-state index contributed by atoms with van der Waals surface area (Å²) in [6, 6.07) is 2.02. The van der Waals surface area contributed by atoms with Gasteiger partial charge in [-0.25, -0.2) is 0 Å². The summed E-state index contributed by atoms with van der Waals surface area (Å²) in [6.07, 6.45) is 3.90. The Labute approximate surface area is 111 Å². The zero-order valence-electron chi connectivity index (χ0n) is 9.63. The lowest BCUT2D eigenvalue weighted by molar-refractivity contribution is 0.0579. The van der Waals surface area contributed by atoms with Gasteiger partial charge in [0.1, 0.15) is 0 Å². The zero-order valence-corrected chi connectivity index (χ0v) is 11.3. The Morgan fingerprint density at radius 2 is 2.41 bits per heavy atom. The van der Waals surface area contributed by atoms with E-state index in [4.69, 9.17) is 5.11 Å². The first-order valence-corrected chi connectivity index (χ1v) is 7.24. The Morgan fingerprint density at radius 1 is 1.59 bits per heavy atom. The monoisotopic (exact) mass is 271 g/mol. The van der Waals surface area contributed by atoms with Crippen molar-refractivity contribution in [2.75, 3.05) is 13.2 Å². The van der Waals surface area contributed by atoms with Gasteiger partial charge in [-0.3, -0.25) is 4.79 Å². The molecule has 2 rings (SSSR count). The molecule has 1 saturated heterocycles. The van der Waals surface area contributed by atoms with Crippen LogP contribution in [0.1, 0.15) is 35.4 Å². The number of aliphatic hydroxyl groups is 1. The summed E-state index contributed by atoms with van der Waals surface area (Å²) in [5.74, 6) is 0.0912. The van der Waals surface area contributed by atoms with E-state index in [1.165, 1.54) is 11.3 Å². The van der Waals surface area contributed by atoms with Crippen molar-refractivity contribution in [1.82, 2.24) is 4.90 Å². The molecule has 5 heteroatoms. The molecule has 1 unspecified atom stereocenters. The van der Waals surface area contributed by atoms with E-state index in [9.17, 15) is 4.79 Å². The topological polar surface area (TPSA) is 40.5 Å². The van der Waals surface area contributed by atoms with E-state index in [0.717, 1.165) is 35.6 Å². The lowest BCUT2D eigenvalue weighted by Gasteiger charge is -2.35. The molecule has 0 bridgehead atoms. The van der Waals surface area contributed by atoms with Gasteiger partial charge in [-0.2, -0.15) is 0 Å². The van der Waals surface area contributed by atoms with Crippen LogP contribution in [0.5, 0.6) is 0 Å². The SMILES string of the molecule is O=C(c1cc(S)cs1)N1CCCCC1CCO. The van der Waals surface area contributed by atoms with E-state index in [-0.39, 0.29) is 18.6 Å². The highest BCUT2D eigenvalue weighted by Gasteiger charge is 2.27. The molecule has 0 aliphatic carbocycles. The molecule has 0 saturated carbocycles. The van der Waals surface area contributed by atoms with Gasteiger partial charge in [-0.15, -0.1) is 24.0 Å². The summed E-state index contributed by atoms with van der Waals surface area (Å²) >= 11 is 5.67. The van der Waals surface area contributed by atoms with E-state index in [0.29, 0.717) is 6.42 Å². The summed E-state index contributed by atoms with van der Waals surface area (Å²) in [4.78, 5) is 15.8. The Hall–Kier alpha value is -0.520. The van der Waals surface area contributed by atoms with Gasteiger partial charge in [0.15, 0.2) is 0 Å². The molecule has 0 radical (unpaired) electrons. The molecule has 2 heterocycles. The first-order valence-electron chi connectivity index (χ1n) is 5.91. The Kier molecular flexibility index (Phi) is 4.48. The smallest absolute Gasteiger partial charge is 0.264 e. The molecule has 17 heavy (non-hydrogen) atoms. The van der Waals surface area contributed by atoms with Crippen molar-refractivity contribution in [2.24, 2.45) is 0 Å². The van der Waals surface area contributed by atoms with Crippen LogP contribution in [-0.4, -0.2) is 35.1 Å². The predicted molar refractivity (Wildman–Crippen MR) is 71.9 cm³/mol. The highest BCUT2D eigenvalue weighted by atomic mass is 32.1. The van der Waals surface area contributed by atoms with Crippen molar-refractivity contribution >= 4 is 29.9 Å². The molecular formula is C12H17NO2S2. The third-order valence-corrected chi connectivity index (χ3v) is 4.50. The van der Waals surface area contributed by atoms with E-state index in [2.05, 4.69) is 12.6 Å². The third-order valence-electron chi connectivity index (χ3n) is 3.15. The molecule has 1 N–H and O–H groups in total. The van der Waals surface area contributed by atoms with Gasteiger partial charge in [0.05, 0.1) is 4.88 Å². The predicted octanol–water partition coefficient (Wildman–Crippen LogP) is 2.41. The van der Waals surface area contributed by atoms with Crippen molar-refractivity contribution in [1.29, 1.82) is 0 Å². The molecule has 94 valence electrons. The number of piperidine rings is 1. The number of aliphatic hydroxyl groups excluding tert-OH is 1. The quantitative estimate of drug-likeness (QED) is 0.829. The van der Waals surface area contributed by atoms with Crippen molar-refractivity contribution in [3.05, 3.63) is 16.3 Å². The molecule has 0 aromatic carbocycles. The molecule has 1 aliphatic rings. The van der Waals surface area contributed by atoms with Crippen molar-refractivity contribution < 1.29 is 9.90 Å². The average molecular weight is 271 g/mol. The van der Waals surface area contributed by atoms with Gasteiger partial charge >= 0.3 is 0 Å². The number of carbonyl (C=O) groups excluding carboxylic acids is 1. The number of hydrogen-bond donors (Lipinski definition) is 2. The number of rotatable bonds is 3. The maximum atomic E-state index is 12.3. The highest BCUT2D eigenvalue weighted by molar-refractivity contribution is 7.80. The van der Waals surface area contributed by atoms with Crippen LogP contribution in [0.2, 0.25) is 0 Å². The fraction of sp³-hybridized carbons (Fsp3) is 0.583. The van der Waals surface area contributed by atoms with Crippen LogP contribution in [0.15, 0.2) is 16.3 Å². The second-order valence-electron chi connectivity index (χ2n) is 4.33. The van der Waals surface area contributed by atoms with Gasteiger partial charge in [-0.05, 0) is 31.7 Å². The number of carbonyl (C=O) groups is 1. The minimum absolute atomic E-state index is 0.0912. The number of hydrogen-bond acceptors (Lipinski definition) is 4. The van der Waals surface area contributed by atoms with Crippen molar-refractivity contribution in [2.45, 2.75) is 36.6 Å². The molecular weight excluding hydrogens is 254 g/mol. The zero-order chi connectivity index (χ0) is 12.3. The molecule has 0 spiro atoms. The summed E-state index contributed by atoms with van der Waals surface area (Å²) in [5, 5.41) is 10.9. The third kappa shape index (κ3) is 3.03. The lowest BCUT2D eigenvalue weighted by atomic mass is 9.99. The highest BCUT2D eigenvalue weighted by Crippen LogP contribution is 2.25. The van der Waals surface area contributed by atoms with Gasteiger partial charge in [0, 0.05) is 29.5 Å². The second kappa shape index (κ2) is 5.89. The molecule has 1 fully saturated rings. The number of thiophene rings is 1. The maximum absolute atomic E-state index is 12.3. The number of nitrogens with zero attached hydrogens (tertiary/aromatic N) is 1. The van der Waals surface area contributed by atoms with Gasteiger partial charge in [0.2, 0.25) is 0 Å². The van der Waals surface area contributed by atoms with Crippen LogP contribution < -0.4 is 0 Å². The van der Waals surface area contributed by atoms with Crippen LogP contribution in [-0.2, 0) is 0 Å². The number of thiol groups is 1. The standard InChI is InChI=1S/C12H17NO2S2/c14-6-4-9-3-1-2-5-13(9)12(15)11-7-10(16)8-17-11/h7-9,14,16H,1-6H2. The molecule has 1 aromatic heterocycles. The van der Waals surface area contributed by atoms with Gasteiger partial charge < -0.3 is 10.0 Å². The van der Waals surface area contributed by atoms with Crippen LogP contribution in [0.3, 0.4) is 0 Å². The number of likely N-dealkylation sites (tertiary alicyclic amines) is 1. The first-order chi connectivity index (χ1) is 8.22. The molecule has 1 aliphatic heterocycles. The van der Waals surface area contributed by atoms with Gasteiger partial charge in [-0.1, -0.05) is 0 Å². The minimum atomic E-state index is 0.0912. The maximum Gasteiger partial charge on any atom is 0.264 e. The van der Waals surface area contributed by atoms with E-state index in [1.54, 1.807) is 0 Å². The molecule has 1 aromatic rings. The average Bonchev–Trinajstić information content (AvgIpc) is 2.76. The second-order valence-corrected chi connectivity index (χ2v) is 5.76. The summed E-state index contributed by atoms with van der Waals surface area (Å²) in [6.45, 7) is 0.958. The molecule has 1 amide bonds. The van der Waals surface area contributed by atoms with Crippen LogP contribution in [0.4, 0.5) is 0 Å². The summed E-state index contributed by atoms with van der Waals surface area (Å²) in [5.41, 5.74) is 0. The molecule has 1 atom stereocenters. The van der Waals surface area contributed by atoms with Crippen LogP contribution in [0.25, 0.3) is 0 Å². The van der Waals surface area contributed by atoms with Crippen molar-refractivity contribution in [3.8, 4) is 0 Å². The molecule has 3 nitrogen and oxygen atoms in total. The summed E-state index contributed by atoms with van der Waals surface area (Å²) < 4.78 is 0. The summed E-state index contributed by atoms with van der Waals surface area (Å²) in [7, 11) is 0. The van der Waals surface area contributed by atoms with E-state index >= 15 is 0 Å². The normalized spacial score (nSPS) is 20.6. The van der Waals surface area contributed by atoms with Crippen LogP contribution >= 0.6 is 24.0 Å². The van der Waals surface area contributed by atoms with E-state index in [1.807, 2.05) is 16.3 Å². The lowest BCUT2D eigenvalue weighted by Crippen LogP contribution is -2.43. The van der Waals surface area contributed by atoms with Crippen LogP contribution in [0, 0.1) is 0 Å². The Bertz CT molecular complexity index is 390. The Morgan fingerprint density at radius 3 is 3.06 bits per heavy atom. The number of amides is 1. The Balaban J connectivity index is 2.10. The minimum Gasteiger partial charge on any atom is -0.396 e. The fourth-order valence-corrected chi connectivity index (χ4v) is 3.40. The van der Waals surface area contributed by atoms with E-state index < -0.39 is 0 Å².